The monoisotopic (exact) mass is 147 g/mol. The standard InChI is InChI=1S/C6H13NOS/c1-5-7-9(8)6(2,3)4/h5H,1-4H3/t9-/m0/s1. The average molecular weight is 147 g/mol. The Bertz CT molecular complexity index is 106. The Morgan fingerprint density at radius 1 is 1.44 bits per heavy atom. The van der Waals surface area contributed by atoms with Crippen LogP contribution in [0.4, 0.5) is 0 Å². The van der Waals surface area contributed by atoms with Gasteiger partial charge in [-0.2, -0.15) is 0 Å². The first-order valence-electron chi connectivity index (χ1n) is 2.89. The molecule has 3 heteroatoms. The van der Waals surface area contributed by atoms with Crippen LogP contribution in [0.3, 0.4) is 0 Å². The van der Waals surface area contributed by atoms with Crippen molar-refractivity contribution >= 4 is 17.6 Å². The van der Waals surface area contributed by atoms with Gasteiger partial charge in [0.15, 0.2) is 0 Å². The highest BCUT2D eigenvalue weighted by Crippen LogP contribution is 2.15. The second-order valence-corrected chi connectivity index (χ2v) is 4.66. The lowest BCUT2D eigenvalue weighted by Gasteiger charge is -2.17. The van der Waals surface area contributed by atoms with E-state index in [2.05, 4.69) is 4.40 Å². The lowest BCUT2D eigenvalue weighted by Crippen LogP contribution is -2.25. The minimum absolute atomic E-state index is 0.216. The van der Waals surface area contributed by atoms with Crippen molar-refractivity contribution in [2.45, 2.75) is 32.4 Å². The molecule has 9 heavy (non-hydrogen) atoms. The molecule has 1 atom stereocenters. The van der Waals surface area contributed by atoms with E-state index in [1.807, 2.05) is 20.8 Å². The number of nitrogens with zero attached hydrogens (tertiary/aromatic N) is 1. The zero-order valence-electron chi connectivity index (χ0n) is 6.34. The van der Waals surface area contributed by atoms with Crippen molar-refractivity contribution in [3.8, 4) is 0 Å². The van der Waals surface area contributed by atoms with Crippen molar-refractivity contribution in [1.29, 1.82) is 0 Å². The van der Waals surface area contributed by atoms with Crippen LogP contribution in [-0.4, -0.2) is 15.5 Å². The van der Waals surface area contributed by atoms with Crippen LogP contribution in [0.2, 0.25) is 0 Å². The van der Waals surface area contributed by atoms with E-state index in [4.69, 9.17) is 0 Å². The Balaban J connectivity index is 3.88. The molecule has 0 spiro atoms. The van der Waals surface area contributed by atoms with E-state index in [-0.39, 0.29) is 4.75 Å². The second-order valence-electron chi connectivity index (χ2n) is 2.73. The van der Waals surface area contributed by atoms with Crippen molar-refractivity contribution in [2.24, 2.45) is 4.40 Å². The van der Waals surface area contributed by atoms with E-state index in [9.17, 15) is 4.55 Å². The third-order valence-corrected chi connectivity index (χ3v) is 2.18. The third-order valence-electron chi connectivity index (χ3n) is 0.725. The molecule has 0 aromatic rings. The molecule has 0 fully saturated rings. The van der Waals surface area contributed by atoms with Gasteiger partial charge >= 0.3 is 0 Å². The fourth-order valence-electron chi connectivity index (χ4n) is 0.254. The molecule has 0 saturated carbocycles. The van der Waals surface area contributed by atoms with Crippen LogP contribution in [-0.2, 0) is 11.4 Å². The molecule has 0 aromatic carbocycles. The van der Waals surface area contributed by atoms with E-state index < -0.39 is 11.4 Å². The zero-order valence-corrected chi connectivity index (χ0v) is 7.16. The van der Waals surface area contributed by atoms with Crippen molar-refractivity contribution < 1.29 is 4.55 Å². The fraction of sp³-hybridized carbons (Fsp3) is 0.833. The molecule has 0 radical (unpaired) electrons. The predicted octanol–water partition coefficient (Wildman–Crippen LogP) is 1.54. The molecule has 0 heterocycles. The van der Waals surface area contributed by atoms with E-state index in [0.717, 1.165) is 0 Å². The van der Waals surface area contributed by atoms with Crippen LogP contribution in [0.15, 0.2) is 4.40 Å². The summed E-state index contributed by atoms with van der Waals surface area (Å²) in [6.45, 7) is 7.46. The smallest absolute Gasteiger partial charge is 0.144 e. The number of hydrogen-bond acceptors (Lipinski definition) is 2. The summed E-state index contributed by atoms with van der Waals surface area (Å²) in [6, 6.07) is 0. The molecule has 0 rings (SSSR count). The first kappa shape index (κ1) is 8.98. The molecule has 54 valence electrons. The van der Waals surface area contributed by atoms with Gasteiger partial charge in [-0.25, -0.2) is 0 Å². The Hall–Kier alpha value is -0.0200. The molecule has 0 unspecified atom stereocenters. The molecule has 0 aromatic heterocycles. The van der Waals surface area contributed by atoms with Crippen molar-refractivity contribution in [3.63, 3.8) is 0 Å². The van der Waals surface area contributed by atoms with Crippen LogP contribution >= 0.6 is 0 Å². The Labute approximate surface area is 59.7 Å². The zero-order chi connectivity index (χ0) is 7.49. The summed E-state index contributed by atoms with van der Waals surface area (Å²) in [6.07, 6.45) is 1.57. The summed E-state index contributed by atoms with van der Waals surface area (Å²) in [4.78, 5) is 0. The largest absolute Gasteiger partial charge is 0.591 e. The molecule has 0 N–H and O–H groups in total. The molecular formula is C6H13NOS. The molecule has 0 aliphatic carbocycles. The minimum Gasteiger partial charge on any atom is -0.591 e. The number of rotatable bonds is 1. The third kappa shape index (κ3) is 3.54. The maximum absolute atomic E-state index is 11.0. The van der Waals surface area contributed by atoms with Gasteiger partial charge < -0.3 is 4.55 Å². The lowest BCUT2D eigenvalue weighted by atomic mass is 10.3. The van der Waals surface area contributed by atoms with Gasteiger partial charge in [0, 0.05) is 0 Å². The van der Waals surface area contributed by atoms with Crippen molar-refractivity contribution in [1.82, 2.24) is 0 Å². The fourth-order valence-corrected chi connectivity index (χ4v) is 0.762. The van der Waals surface area contributed by atoms with Crippen molar-refractivity contribution in [3.05, 3.63) is 0 Å². The SMILES string of the molecule is CC=N[S@@+]([O-])C(C)(C)C. The Morgan fingerprint density at radius 3 is 2.00 bits per heavy atom. The molecule has 0 bridgehead atoms. The second kappa shape index (κ2) is 3.22. The highest BCUT2D eigenvalue weighted by molar-refractivity contribution is 7.91. The van der Waals surface area contributed by atoms with Gasteiger partial charge in [0.25, 0.3) is 0 Å². The maximum atomic E-state index is 11.0. The Morgan fingerprint density at radius 2 is 1.89 bits per heavy atom. The molecule has 2 nitrogen and oxygen atoms in total. The molecule has 0 aliphatic heterocycles. The normalized spacial score (nSPS) is 16.6. The van der Waals surface area contributed by atoms with Crippen molar-refractivity contribution in [2.75, 3.05) is 0 Å². The summed E-state index contributed by atoms with van der Waals surface area (Å²) in [5.41, 5.74) is 0. The van der Waals surface area contributed by atoms with Gasteiger partial charge in [-0.1, -0.05) is 4.40 Å². The molecule has 0 saturated heterocycles. The topological polar surface area (TPSA) is 35.4 Å². The quantitative estimate of drug-likeness (QED) is 0.409. The van der Waals surface area contributed by atoms with Gasteiger partial charge in [-0.05, 0) is 27.7 Å². The summed E-state index contributed by atoms with van der Waals surface area (Å²) >= 11 is -1.07. The Kier molecular flexibility index (Phi) is 3.22. The first-order chi connectivity index (χ1) is 3.98. The van der Waals surface area contributed by atoms with Gasteiger partial charge in [-0.15, -0.1) is 0 Å². The van der Waals surface area contributed by atoms with Crippen LogP contribution in [0.1, 0.15) is 27.7 Å². The summed E-state index contributed by atoms with van der Waals surface area (Å²) < 4.78 is 14.5. The minimum atomic E-state index is -1.07. The van der Waals surface area contributed by atoms with E-state index in [1.165, 1.54) is 0 Å². The van der Waals surface area contributed by atoms with E-state index in [1.54, 1.807) is 13.1 Å². The van der Waals surface area contributed by atoms with Crippen LogP contribution in [0, 0.1) is 0 Å². The molecular weight excluding hydrogens is 134 g/mol. The summed E-state index contributed by atoms with van der Waals surface area (Å²) in [5, 5.41) is 0. The predicted molar refractivity (Wildman–Crippen MR) is 42.1 cm³/mol. The van der Waals surface area contributed by atoms with E-state index in [0.29, 0.717) is 0 Å². The van der Waals surface area contributed by atoms with Gasteiger partial charge in [-0.3, -0.25) is 0 Å². The maximum Gasteiger partial charge on any atom is 0.144 e. The molecule has 0 amide bonds. The highest BCUT2D eigenvalue weighted by Gasteiger charge is 2.25. The summed E-state index contributed by atoms with van der Waals surface area (Å²) in [7, 11) is 0. The van der Waals surface area contributed by atoms with Gasteiger partial charge in [0.2, 0.25) is 0 Å². The van der Waals surface area contributed by atoms with E-state index >= 15 is 0 Å². The van der Waals surface area contributed by atoms with Crippen LogP contribution in [0.25, 0.3) is 0 Å². The van der Waals surface area contributed by atoms with Gasteiger partial charge in [0.1, 0.15) is 16.1 Å². The average Bonchev–Trinajstić information content (AvgIpc) is 1.64. The van der Waals surface area contributed by atoms with Crippen LogP contribution < -0.4 is 0 Å². The first-order valence-corrected chi connectivity index (χ1v) is 4.00. The van der Waals surface area contributed by atoms with Gasteiger partial charge in [0.05, 0.1) is 6.21 Å². The summed E-state index contributed by atoms with van der Waals surface area (Å²) in [5.74, 6) is 0. The number of hydrogen-bond donors (Lipinski definition) is 0. The molecule has 0 aliphatic rings. The lowest BCUT2D eigenvalue weighted by molar-refractivity contribution is 0.562. The highest BCUT2D eigenvalue weighted by atomic mass is 32.2. The van der Waals surface area contributed by atoms with Crippen LogP contribution in [0.5, 0.6) is 0 Å².